The minimum absolute atomic E-state index is 0.0224. The van der Waals surface area contributed by atoms with Crippen LogP contribution in [0.1, 0.15) is 58.8 Å². The van der Waals surface area contributed by atoms with Crippen molar-refractivity contribution in [1.82, 2.24) is 5.32 Å². The molecule has 0 aliphatic heterocycles. The van der Waals surface area contributed by atoms with Crippen molar-refractivity contribution in [3.05, 3.63) is 0 Å². The lowest BCUT2D eigenvalue weighted by Crippen LogP contribution is -2.38. The molecule has 1 fully saturated rings. The van der Waals surface area contributed by atoms with Gasteiger partial charge in [-0.15, -0.1) is 0 Å². The quantitative estimate of drug-likeness (QED) is 0.747. The summed E-state index contributed by atoms with van der Waals surface area (Å²) in [5.74, 6) is 0.588. The Balaban J connectivity index is 2.29. The van der Waals surface area contributed by atoms with Gasteiger partial charge < -0.3 is 5.32 Å². The minimum atomic E-state index is -0.335. The molecular weight excluding hydrogens is 202 g/mol. The molecule has 1 saturated carbocycles. The molecule has 3 heteroatoms. The van der Waals surface area contributed by atoms with Gasteiger partial charge in [0.1, 0.15) is 0 Å². The summed E-state index contributed by atoms with van der Waals surface area (Å²) in [5.41, 5.74) is 0. The summed E-state index contributed by atoms with van der Waals surface area (Å²) in [6.45, 7) is 3.25. The highest BCUT2D eigenvalue weighted by Crippen LogP contribution is 2.25. The number of amides is 1. The molecule has 0 aromatic carbocycles. The first-order valence-corrected chi connectivity index (χ1v) is 6.39. The van der Waals surface area contributed by atoms with Gasteiger partial charge in [-0.1, -0.05) is 25.7 Å². The molecule has 1 unspecified atom stereocenters. The number of hydrogen-bond donors (Lipinski definition) is 1. The summed E-state index contributed by atoms with van der Waals surface area (Å²) in [4.78, 5) is 22.7. The molecule has 3 nitrogen and oxygen atoms in total. The summed E-state index contributed by atoms with van der Waals surface area (Å²) in [7, 11) is 0. The van der Waals surface area contributed by atoms with Gasteiger partial charge in [0.15, 0.2) is 5.78 Å². The first kappa shape index (κ1) is 13.2. The van der Waals surface area contributed by atoms with Crippen LogP contribution in [0.5, 0.6) is 0 Å². The van der Waals surface area contributed by atoms with Crippen molar-refractivity contribution >= 4 is 11.7 Å². The minimum Gasteiger partial charge on any atom is -0.347 e. The summed E-state index contributed by atoms with van der Waals surface area (Å²) < 4.78 is 0. The second kappa shape index (κ2) is 6.66. The van der Waals surface area contributed by atoms with Gasteiger partial charge in [-0.2, -0.15) is 0 Å². The van der Waals surface area contributed by atoms with Gasteiger partial charge in [-0.3, -0.25) is 9.59 Å². The molecule has 1 N–H and O–H groups in total. The smallest absolute Gasteiger partial charge is 0.220 e. The molecule has 0 aromatic heterocycles. The van der Waals surface area contributed by atoms with Crippen molar-refractivity contribution in [3.8, 4) is 0 Å². The third kappa shape index (κ3) is 4.77. The summed E-state index contributed by atoms with van der Waals surface area (Å²) in [6.07, 6.45) is 8.05. The number of ketones is 1. The van der Waals surface area contributed by atoms with Crippen LogP contribution in [0.4, 0.5) is 0 Å². The number of Topliss-reactive ketones (excluding diaryl/α,β-unsaturated/α-hetero) is 1. The summed E-state index contributed by atoms with van der Waals surface area (Å²) in [5, 5.41) is 2.76. The molecule has 92 valence electrons. The zero-order valence-corrected chi connectivity index (χ0v) is 10.4. The van der Waals surface area contributed by atoms with Crippen LogP contribution in [0.25, 0.3) is 0 Å². The van der Waals surface area contributed by atoms with Crippen LogP contribution in [0.2, 0.25) is 0 Å². The van der Waals surface area contributed by atoms with E-state index in [1.807, 2.05) is 0 Å². The van der Waals surface area contributed by atoms with Crippen LogP contribution in [0.15, 0.2) is 0 Å². The van der Waals surface area contributed by atoms with E-state index in [0.717, 1.165) is 0 Å². The number of carbonyl (C=O) groups excluding carboxylic acids is 2. The molecule has 0 bridgehead atoms. The zero-order valence-electron chi connectivity index (χ0n) is 10.4. The first-order valence-electron chi connectivity index (χ1n) is 6.39. The highest BCUT2D eigenvalue weighted by molar-refractivity contribution is 5.87. The van der Waals surface area contributed by atoms with E-state index in [4.69, 9.17) is 0 Å². The van der Waals surface area contributed by atoms with Crippen molar-refractivity contribution in [2.75, 3.05) is 0 Å². The molecule has 16 heavy (non-hydrogen) atoms. The lowest BCUT2D eigenvalue weighted by atomic mass is 9.96. The van der Waals surface area contributed by atoms with E-state index in [2.05, 4.69) is 5.32 Å². The van der Waals surface area contributed by atoms with E-state index in [-0.39, 0.29) is 17.7 Å². The molecule has 1 aliphatic rings. The summed E-state index contributed by atoms with van der Waals surface area (Å²) >= 11 is 0. The predicted octanol–water partition coefficient (Wildman–Crippen LogP) is 2.44. The normalized spacial score (nSPS) is 19.9. The number of nitrogens with one attached hydrogen (secondary N) is 1. The van der Waals surface area contributed by atoms with E-state index in [9.17, 15) is 9.59 Å². The first-order chi connectivity index (χ1) is 7.59. The molecule has 1 amide bonds. The predicted molar refractivity (Wildman–Crippen MR) is 64.1 cm³/mol. The topological polar surface area (TPSA) is 46.2 Å². The molecule has 1 aliphatic carbocycles. The standard InChI is InChI=1S/C13H23NO2/c1-10(11(2)15)14-13(16)9-12-7-5-3-4-6-8-12/h10,12H,3-9H2,1-2H3,(H,14,16). The van der Waals surface area contributed by atoms with E-state index in [0.29, 0.717) is 12.3 Å². The van der Waals surface area contributed by atoms with Gasteiger partial charge in [0.2, 0.25) is 5.91 Å². The summed E-state index contributed by atoms with van der Waals surface area (Å²) in [6, 6.07) is -0.335. The SMILES string of the molecule is CC(=O)C(C)NC(=O)CC1CCCCCC1. The fourth-order valence-electron chi connectivity index (χ4n) is 2.23. The van der Waals surface area contributed by atoms with Gasteiger partial charge in [0.05, 0.1) is 6.04 Å². The van der Waals surface area contributed by atoms with Crippen LogP contribution < -0.4 is 5.32 Å². The average molecular weight is 225 g/mol. The maximum Gasteiger partial charge on any atom is 0.220 e. The van der Waals surface area contributed by atoms with Crippen molar-refractivity contribution in [2.45, 2.75) is 64.8 Å². The Bertz CT molecular complexity index is 242. The van der Waals surface area contributed by atoms with Crippen molar-refractivity contribution < 1.29 is 9.59 Å². The van der Waals surface area contributed by atoms with Crippen molar-refractivity contribution in [3.63, 3.8) is 0 Å². The second-order valence-corrected chi connectivity index (χ2v) is 4.96. The highest BCUT2D eigenvalue weighted by Gasteiger charge is 2.18. The van der Waals surface area contributed by atoms with Gasteiger partial charge >= 0.3 is 0 Å². The van der Waals surface area contributed by atoms with Crippen LogP contribution in [-0.2, 0) is 9.59 Å². The number of carbonyl (C=O) groups is 2. The molecule has 0 aromatic rings. The second-order valence-electron chi connectivity index (χ2n) is 4.96. The Morgan fingerprint density at radius 3 is 2.25 bits per heavy atom. The fraction of sp³-hybridized carbons (Fsp3) is 0.846. The van der Waals surface area contributed by atoms with Crippen LogP contribution in [0, 0.1) is 5.92 Å². The average Bonchev–Trinajstić information content (AvgIpc) is 2.45. The number of hydrogen-bond acceptors (Lipinski definition) is 2. The molecular formula is C13H23NO2. The largest absolute Gasteiger partial charge is 0.347 e. The Kier molecular flexibility index (Phi) is 5.50. The molecule has 0 heterocycles. The van der Waals surface area contributed by atoms with Gasteiger partial charge in [0, 0.05) is 6.42 Å². The zero-order chi connectivity index (χ0) is 12.0. The molecule has 0 radical (unpaired) electrons. The lowest BCUT2D eigenvalue weighted by molar-refractivity contribution is -0.127. The van der Waals surface area contributed by atoms with Crippen LogP contribution >= 0.6 is 0 Å². The Hall–Kier alpha value is -0.860. The fourth-order valence-corrected chi connectivity index (χ4v) is 2.23. The van der Waals surface area contributed by atoms with Crippen LogP contribution in [0.3, 0.4) is 0 Å². The molecule has 1 rings (SSSR count). The number of rotatable bonds is 4. The third-order valence-electron chi connectivity index (χ3n) is 3.44. The molecule has 0 saturated heterocycles. The van der Waals surface area contributed by atoms with Crippen molar-refractivity contribution in [1.29, 1.82) is 0 Å². The maximum atomic E-state index is 11.7. The van der Waals surface area contributed by atoms with Gasteiger partial charge in [-0.05, 0) is 32.6 Å². The lowest BCUT2D eigenvalue weighted by Gasteiger charge is -2.15. The van der Waals surface area contributed by atoms with Crippen molar-refractivity contribution in [2.24, 2.45) is 5.92 Å². The Morgan fingerprint density at radius 1 is 1.19 bits per heavy atom. The van der Waals surface area contributed by atoms with E-state index < -0.39 is 0 Å². The molecule has 0 spiro atoms. The molecule has 1 atom stereocenters. The van der Waals surface area contributed by atoms with Gasteiger partial charge in [0.25, 0.3) is 0 Å². The highest BCUT2D eigenvalue weighted by atomic mass is 16.2. The Labute approximate surface area is 98.0 Å². The maximum absolute atomic E-state index is 11.7. The Morgan fingerprint density at radius 2 is 1.75 bits per heavy atom. The van der Waals surface area contributed by atoms with E-state index >= 15 is 0 Å². The monoisotopic (exact) mass is 225 g/mol. The van der Waals surface area contributed by atoms with Gasteiger partial charge in [-0.25, -0.2) is 0 Å². The van der Waals surface area contributed by atoms with E-state index in [1.54, 1.807) is 6.92 Å². The third-order valence-corrected chi connectivity index (χ3v) is 3.44. The van der Waals surface area contributed by atoms with Crippen LogP contribution in [-0.4, -0.2) is 17.7 Å². The van der Waals surface area contributed by atoms with E-state index in [1.165, 1.54) is 45.4 Å².